The van der Waals surface area contributed by atoms with Crippen molar-refractivity contribution in [2.24, 2.45) is 10.2 Å². The highest BCUT2D eigenvalue weighted by Gasteiger charge is 2.25. The molecule has 1 saturated heterocycles. The minimum absolute atomic E-state index is 0.208. The summed E-state index contributed by atoms with van der Waals surface area (Å²) in [5.74, 6) is -0.208. The van der Waals surface area contributed by atoms with Crippen molar-refractivity contribution in [3.8, 4) is 16.9 Å². The van der Waals surface area contributed by atoms with Gasteiger partial charge in [-0.15, -0.1) is 5.10 Å². The van der Waals surface area contributed by atoms with Crippen molar-refractivity contribution >= 4 is 35.1 Å². The van der Waals surface area contributed by atoms with Crippen LogP contribution in [0.4, 0.5) is 0 Å². The molecule has 0 unspecified atom stereocenters. The zero-order valence-corrected chi connectivity index (χ0v) is 18.3. The molecule has 1 aliphatic heterocycles. The second kappa shape index (κ2) is 9.50. The number of amidine groups is 1. The van der Waals surface area contributed by atoms with Crippen molar-refractivity contribution in [2.75, 3.05) is 0 Å². The van der Waals surface area contributed by atoms with E-state index in [1.807, 2.05) is 108 Å². The predicted octanol–water partition coefficient (Wildman–Crippen LogP) is 5.13. The van der Waals surface area contributed by atoms with E-state index in [0.29, 0.717) is 10.1 Å². The summed E-state index contributed by atoms with van der Waals surface area (Å²) in [5.41, 5.74) is 4.50. The van der Waals surface area contributed by atoms with E-state index in [1.54, 1.807) is 6.21 Å². The number of para-hydroxylation sites is 1. The Morgan fingerprint density at radius 3 is 2.27 bits per heavy atom. The van der Waals surface area contributed by atoms with Crippen LogP contribution in [0, 0.1) is 0 Å². The van der Waals surface area contributed by atoms with Crippen LogP contribution in [0.1, 0.15) is 11.1 Å². The van der Waals surface area contributed by atoms with Crippen LogP contribution in [0.3, 0.4) is 0 Å². The molecule has 4 aromatic rings. The van der Waals surface area contributed by atoms with Crippen LogP contribution in [0.5, 0.6) is 0 Å². The molecule has 0 atom stereocenters. The van der Waals surface area contributed by atoms with Crippen LogP contribution in [0.2, 0.25) is 0 Å². The predicted molar refractivity (Wildman–Crippen MR) is 134 cm³/mol. The number of aromatic nitrogens is 2. The molecule has 3 aromatic carbocycles. The molecule has 6 nitrogen and oxygen atoms in total. The zero-order chi connectivity index (χ0) is 22.5. The van der Waals surface area contributed by atoms with Crippen LogP contribution in [0.15, 0.2) is 112 Å². The Hall–Kier alpha value is -4.23. The first kappa shape index (κ1) is 20.7. The molecule has 0 spiro atoms. The molecule has 0 bridgehead atoms. The van der Waals surface area contributed by atoms with Crippen LogP contribution in [-0.2, 0) is 4.79 Å². The summed E-state index contributed by atoms with van der Waals surface area (Å²) in [4.78, 5) is 13.1. The molecule has 0 saturated carbocycles. The van der Waals surface area contributed by atoms with Gasteiger partial charge in [-0.2, -0.15) is 10.2 Å². The molecule has 1 N–H and O–H groups in total. The van der Waals surface area contributed by atoms with E-state index < -0.39 is 0 Å². The van der Waals surface area contributed by atoms with Crippen molar-refractivity contribution in [1.82, 2.24) is 15.1 Å². The summed E-state index contributed by atoms with van der Waals surface area (Å²) in [6, 6.07) is 29.5. The van der Waals surface area contributed by atoms with Crippen LogP contribution in [0.25, 0.3) is 23.0 Å². The molecule has 0 radical (unpaired) electrons. The molecule has 160 valence electrons. The summed E-state index contributed by atoms with van der Waals surface area (Å²) in [5, 5.41) is 16.3. The number of nitrogens with zero attached hydrogens (tertiary/aromatic N) is 4. The fraction of sp³-hybridized carbons (Fsp3) is 0. The lowest BCUT2D eigenvalue weighted by Crippen LogP contribution is -2.19. The number of carbonyl (C=O) groups excluding carboxylic acids is 1. The maximum absolute atomic E-state index is 12.6. The monoisotopic (exact) mass is 449 g/mol. The van der Waals surface area contributed by atoms with Gasteiger partial charge in [0.1, 0.15) is 0 Å². The number of hydrogen-bond donors (Lipinski definition) is 1. The molecule has 1 amide bonds. The normalized spacial score (nSPS) is 16.1. The van der Waals surface area contributed by atoms with Crippen molar-refractivity contribution in [3.05, 3.63) is 113 Å². The second-order valence-electron chi connectivity index (χ2n) is 7.20. The van der Waals surface area contributed by atoms with Crippen molar-refractivity contribution in [2.45, 2.75) is 0 Å². The Balaban J connectivity index is 1.45. The Morgan fingerprint density at radius 1 is 0.879 bits per heavy atom. The van der Waals surface area contributed by atoms with Gasteiger partial charge in [0.25, 0.3) is 5.91 Å². The largest absolute Gasteiger partial charge is 0.299 e. The molecule has 5 rings (SSSR count). The fourth-order valence-corrected chi connectivity index (χ4v) is 4.10. The van der Waals surface area contributed by atoms with Crippen LogP contribution < -0.4 is 5.32 Å². The number of carbonyl (C=O) groups is 1. The summed E-state index contributed by atoms with van der Waals surface area (Å²) < 4.78 is 1.82. The number of nitrogens with one attached hydrogen (secondary N) is 1. The Labute approximate surface area is 195 Å². The van der Waals surface area contributed by atoms with Crippen molar-refractivity contribution in [3.63, 3.8) is 0 Å². The molecule has 33 heavy (non-hydrogen) atoms. The van der Waals surface area contributed by atoms with Gasteiger partial charge in [0, 0.05) is 17.3 Å². The van der Waals surface area contributed by atoms with Crippen molar-refractivity contribution < 1.29 is 4.79 Å². The van der Waals surface area contributed by atoms with E-state index in [9.17, 15) is 4.79 Å². The van der Waals surface area contributed by atoms with Gasteiger partial charge in [-0.25, -0.2) is 4.68 Å². The third-order valence-corrected chi connectivity index (χ3v) is 5.80. The summed E-state index contributed by atoms with van der Waals surface area (Å²) >= 11 is 1.26. The highest BCUT2D eigenvalue weighted by Crippen LogP contribution is 2.30. The number of rotatable bonds is 5. The molecular formula is C26H19N5OS. The van der Waals surface area contributed by atoms with Gasteiger partial charge in [-0.1, -0.05) is 78.9 Å². The average Bonchev–Trinajstić information content (AvgIpc) is 3.44. The average molecular weight is 450 g/mol. The highest BCUT2D eigenvalue weighted by molar-refractivity contribution is 8.18. The topological polar surface area (TPSA) is 71.6 Å². The first-order valence-electron chi connectivity index (χ1n) is 10.3. The third kappa shape index (κ3) is 4.83. The van der Waals surface area contributed by atoms with Gasteiger partial charge in [-0.05, 0) is 35.5 Å². The Bertz CT molecular complexity index is 1360. The lowest BCUT2D eigenvalue weighted by molar-refractivity contribution is -0.115. The minimum Gasteiger partial charge on any atom is -0.299 e. The molecule has 2 heterocycles. The number of benzene rings is 3. The molecule has 1 fully saturated rings. The Morgan fingerprint density at radius 2 is 1.55 bits per heavy atom. The van der Waals surface area contributed by atoms with E-state index in [2.05, 4.69) is 15.5 Å². The lowest BCUT2D eigenvalue weighted by Gasteiger charge is -2.00. The number of amides is 1. The lowest BCUT2D eigenvalue weighted by atomic mass is 10.1. The summed E-state index contributed by atoms with van der Waals surface area (Å²) in [6.07, 6.45) is 5.43. The van der Waals surface area contributed by atoms with Gasteiger partial charge in [-0.3, -0.25) is 10.1 Å². The second-order valence-corrected chi connectivity index (χ2v) is 8.24. The Kier molecular flexibility index (Phi) is 5.95. The van der Waals surface area contributed by atoms with Gasteiger partial charge in [0.2, 0.25) is 0 Å². The van der Waals surface area contributed by atoms with Gasteiger partial charge < -0.3 is 0 Å². The van der Waals surface area contributed by atoms with Crippen molar-refractivity contribution in [1.29, 1.82) is 0 Å². The fourth-order valence-electron chi connectivity index (χ4n) is 3.33. The van der Waals surface area contributed by atoms with E-state index in [-0.39, 0.29) is 5.91 Å². The third-order valence-electron chi connectivity index (χ3n) is 4.90. The highest BCUT2D eigenvalue weighted by atomic mass is 32.2. The van der Waals surface area contributed by atoms with Crippen LogP contribution >= 0.6 is 11.8 Å². The summed E-state index contributed by atoms with van der Waals surface area (Å²) in [7, 11) is 0. The van der Waals surface area contributed by atoms with Gasteiger partial charge >= 0.3 is 0 Å². The number of thioether (sulfide) groups is 1. The van der Waals surface area contributed by atoms with Crippen LogP contribution in [-0.4, -0.2) is 27.1 Å². The molecule has 1 aliphatic rings. The molecule has 1 aromatic heterocycles. The van der Waals surface area contributed by atoms with Gasteiger partial charge in [0.15, 0.2) is 5.17 Å². The van der Waals surface area contributed by atoms with E-state index in [1.165, 1.54) is 11.8 Å². The molecule has 7 heteroatoms. The van der Waals surface area contributed by atoms with E-state index in [0.717, 1.165) is 28.1 Å². The summed E-state index contributed by atoms with van der Waals surface area (Å²) in [6.45, 7) is 0. The smallest absolute Gasteiger partial charge is 0.264 e. The number of hydrogen-bond acceptors (Lipinski definition) is 5. The molecular weight excluding hydrogens is 430 g/mol. The first-order chi connectivity index (χ1) is 16.3. The quantitative estimate of drug-likeness (QED) is 0.261. The van der Waals surface area contributed by atoms with Gasteiger partial charge in [0.05, 0.1) is 22.5 Å². The van der Waals surface area contributed by atoms with E-state index >= 15 is 0 Å². The zero-order valence-electron chi connectivity index (χ0n) is 17.5. The SMILES string of the molecule is O=C1N/C(=N\N=C\c2ccccc2)S/C1=C\c1cn(-c2ccccc2)nc1-c1ccccc1. The minimum atomic E-state index is -0.208. The molecule has 0 aliphatic carbocycles. The maximum atomic E-state index is 12.6. The first-order valence-corrected chi connectivity index (χ1v) is 11.2. The van der Waals surface area contributed by atoms with E-state index in [4.69, 9.17) is 5.10 Å². The maximum Gasteiger partial charge on any atom is 0.264 e. The standard InChI is InChI=1S/C26H19N5OS/c32-25-23(33-26(28-25)29-27-17-19-10-4-1-5-11-19)16-21-18-31(22-14-8-3-9-15-22)30-24(21)20-12-6-2-7-13-20/h1-18H,(H,28,29,32)/b23-16-,27-17+.